The van der Waals surface area contributed by atoms with E-state index in [0.717, 1.165) is 0 Å². The summed E-state index contributed by atoms with van der Waals surface area (Å²) in [4.78, 5) is 11.4. The van der Waals surface area contributed by atoms with Crippen LogP contribution in [0.2, 0.25) is 0 Å². The Balaban J connectivity index is 2.21. The Kier molecular flexibility index (Phi) is 5.14. The minimum absolute atomic E-state index is 0.105. The average Bonchev–Trinajstić information content (AvgIpc) is 2.73. The van der Waals surface area contributed by atoms with E-state index < -0.39 is 11.6 Å². The molecule has 0 bridgehead atoms. The third-order valence-electron chi connectivity index (χ3n) is 4.54. The number of ether oxygens (including phenoxy) is 2. The lowest BCUT2D eigenvalue weighted by atomic mass is 9.80. The number of aromatic carboxylic acids is 1. The second-order valence-electron chi connectivity index (χ2n) is 6.05. The van der Waals surface area contributed by atoms with Crippen LogP contribution in [-0.2, 0) is 5.60 Å². The zero-order chi connectivity index (χ0) is 19.4. The Morgan fingerprint density at radius 3 is 1.67 bits per heavy atom. The molecular formula is C22H20O5. The van der Waals surface area contributed by atoms with Gasteiger partial charge in [0.05, 0.1) is 19.8 Å². The first kappa shape index (κ1) is 18.5. The molecule has 0 unspecified atom stereocenters. The molecule has 0 radical (unpaired) electrons. The first-order valence-electron chi connectivity index (χ1n) is 8.34. The summed E-state index contributed by atoms with van der Waals surface area (Å²) in [6.45, 7) is 0. The zero-order valence-corrected chi connectivity index (χ0v) is 15.0. The Labute approximate surface area is 157 Å². The van der Waals surface area contributed by atoms with Gasteiger partial charge < -0.3 is 19.7 Å². The van der Waals surface area contributed by atoms with Gasteiger partial charge in [-0.05, 0) is 53.1 Å². The quantitative estimate of drug-likeness (QED) is 0.653. The molecular weight excluding hydrogens is 344 g/mol. The average molecular weight is 364 g/mol. The van der Waals surface area contributed by atoms with Crippen molar-refractivity contribution in [3.63, 3.8) is 0 Å². The fraction of sp³-hybridized carbons (Fsp3) is 0.136. The van der Waals surface area contributed by atoms with Crippen molar-refractivity contribution in [1.82, 2.24) is 0 Å². The molecule has 5 heteroatoms. The summed E-state index contributed by atoms with van der Waals surface area (Å²) >= 11 is 0. The molecule has 2 N–H and O–H groups in total. The van der Waals surface area contributed by atoms with E-state index in [-0.39, 0.29) is 5.56 Å². The van der Waals surface area contributed by atoms with Crippen LogP contribution in [0.3, 0.4) is 0 Å². The molecule has 0 heterocycles. The Hall–Kier alpha value is -3.31. The minimum Gasteiger partial charge on any atom is -0.497 e. The van der Waals surface area contributed by atoms with Crippen molar-refractivity contribution < 1.29 is 24.5 Å². The predicted molar refractivity (Wildman–Crippen MR) is 101 cm³/mol. The lowest BCUT2D eigenvalue weighted by molar-refractivity contribution is 0.0696. The lowest BCUT2D eigenvalue weighted by Gasteiger charge is -2.30. The van der Waals surface area contributed by atoms with Crippen molar-refractivity contribution in [3.8, 4) is 11.5 Å². The molecule has 0 atom stereocenters. The van der Waals surface area contributed by atoms with Gasteiger partial charge in [-0.1, -0.05) is 36.4 Å². The third-order valence-corrected chi connectivity index (χ3v) is 4.54. The first-order chi connectivity index (χ1) is 13.0. The van der Waals surface area contributed by atoms with Crippen LogP contribution in [0.15, 0.2) is 72.8 Å². The molecule has 3 rings (SSSR count). The maximum Gasteiger partial charge on any atom is 0.335 e. The normalized spacial score (nSPS) is 11.1. The van der Waals surface area contributed by atoms with E-state index in [1.165, 1.54) is 12.1 Å². The van der Waals surface area contributed by atoms with Crippen molar-refractivity contribution in [2.24, 2.45) is 0 Å². The van der Waals surface area contributed by atoms with Gasteiger partial charge in [0.2, 0.25) is 0 Å². The summed E-state index contributed by atoms with van der Waals surface area (Å²) in [7, 11) is 3.14. The highest BCUT2D eigenvalue weighted by molar-refractivity contribution is 5.87. The minimum atomic E-state index is -1.54. The van der Waals surface area contributed by atoms with Gasteiger partial charge in [-0.15, -0.1) is 0 Å². The number of methoxy groups -OCH3 is 2. The fourth-order valence-corrected chi connectivity index (χ4v) is 3.04. The fourth-order valence-electron chi connectivity index (χ4n) is 3.04. The molecule has 3 aromatic rings. The Bertz CT molecular complexity index is 882. The van der Waals surface area contributed by atoms with E-state index >= 15 is 0 Å². The second-order valence-corrected chi connectivity index (χ2v) is 6.05. The number of hydrogen-bond donors (Lipinski definition) is 2. The van der Waals surface area contributed by atoms with Crippen LogP contribution in [-0.4, -0.2) is 30.4 Å². The first-order valence-corrected chi connectivity index (χ1v) is 8.34. The molecule has 0 fully saturated rings. The zero-order valence-electron chi connectivity index (χ0n) is 15.0. The van der Waals surface area contributed by atoms with Gasteiger partial charge in [-0.3, -0.25) is 0 Å². The molecule has 0 saturated carbocycles. The van der Waals surface area contributed by atoms with Crippen molar-refractivity contribution in [3.05, 3.63) is 95.1 Å². The largest absolute Gasteiger partial charge is 0.497 e. The SMILES string of the molecule is COc1ccc(C(O)(c2ccc(OC)cc2)c2cccc(C(=O)O)c2)cc1. The van der Waals surface area contributed by atoms with Crippen LogP contribution in [0.4, 0.5) is 0 Å². The molecule has 0 aliphatic carbocycles. The lowest BCUT2D eigenvalue weighted by Crippen LogP contribution is -2.29. The highest BCUT2D eigenvalue weighted by atomic mass is 16.5. The molecule has 27 heavy (non-hydrogen) atoms. The summed E-state index contributed by atoms with van der Waals surface area (Å²) in [5.74, 6) is 0.272. The maximum absolute atomic E-state index is 11.8. The van der Waals surface area contributed by atoms with Gasteiger partial charge in [0, 0.05) is 0 Å². The standard InChI is InChI=1S/C22H20O5/c1-26-19-10-6-16(7-11-19)22(25,17-8-12-20(27-2)13-9-17)18-5-3-4-15(14-18)21(23)24/h3-14,25H,1-2H3,(H,23,24). The molecule has 0 saturated heterocycles. The van der Waals surface area contributed by atoms with Crippen LogP contribution in [0.1, 0.15) is 27.0 Å². The topological polar surface area (TPSA) is 76.0 Å². The molecule has 0 amide bonds. The number of carboxylic acid groups (broad SMARTS) is 1. The second kappa shape index (κ2) is 7.51. The molecule has 138 valence electrons. The van der Waals surface area contributed by atoms with Gasteiger partial charge in [-0.2, -0.15) is 0 Å². The summed E-state index contributed by atoms with van der Waals surface area (Å²) < 4.78 is 10.4. The van der Waals surface area contributed by atoms with E-state index in [1.807, 2.05) is 0 Å². The number of hydrogen-bond acceptors (Lipinski definition) is 4. The number of carboxylic acids is 1. The molecule has 0 aromatic heterocycles. The summed E-state index contributed by atoms with van der Waals surface area (Å²) in [6.07, 6.45) is 0. The number of rotatable bonds is 6. The highest BCUT2D eigenvalue weighted by Gasteiger charge is 2.34. The van der Waals surface area contributed by atoms with E-state index in [0.29, 0.717) is 28.2 Å². The van der Waals surface area contributed by atoms with Gasteiger partial charge in [-0.25, -0.2) is 4.79 Å². The monoisotopic (exact) mass is 364 g/mol. The van der Waals surface area contributed by atoms with Gasteiger partial charge in [0.25, 0.3) is 0 Å². The van der Waals surface area contributed by atoms with E-state index in [9.17, 15) is 15.0 Å². The van der Waals surface area contributed by atoms with Crippen molar-refractivity contribution in [2.75, 3.05) is 14.2 Å². The molecule has 0 spiro atoms. The van der Waals surface area contributed by atoms with Gasteiger partial charge >= 0.3 is 5.97 Å². The van der Waals surface area contributed by atoms with Crippen LogP contribution in [0, 0.1) is 0 Å². The van der Waals surface area contributed by atoms with E-state index in [1.54, 1.807) is 74.9 Å². The smallest absolute Gasteiger partial charge is 0.335 e. The Morgan fingerprint density at radius 1 is 0.778 bits per heavy atom. The highest BCUT2D eigenvalue weighted by Crippen LogP contribution is 2.38. The molecule has 0 aliphatic rings. The summed E-state index contributed by atoms with van der Waals surface area (Å²) in [6, 6.07) is 20.4. The maximum atomic E-state index is 11.8. The number of carbonyl (C=O) groups is 1. The van der Waals surface area contributed by atoms with E-state index in [4.69, 9.17) is 9.47 Å². The van der Waals surface area contributed by atoms with Crippen LogP contribution >= 0.6 is 0 Å². The summed E-state index contributed by atoms with van der Waals surface area (Å²) in [5.41, 5.74) is 0.210. The number of benzene rings is 3. The van der Waals surface area contributed by atoms with Crippen LogP contribution < -0.4 is 9.47 Å². The number of aliphatic hydroxyl groups is 1. The van der Waals surface area contributed by atoms with Crippen LogP contribution in [0.25, 0.3) is 0 Å². The van der Waals surface area contributed by atoms with Crippen LogP contribution in [0.5, 0.6) is 11.5 Å². The van der Waals surface area contributed by atoms with Gasteiger partial charge in [0.15, 0.2) is 0 Å². The van der Waals surface area contributed by atoms with Crippen molar-refractivity contribution in [2.45, 2.75) is 5.60 Å². The summed E-state index contributed by atoms with van der Waals surface area (Å²) in [5, 5.41) is 21.1. The third kappa shape index (κ3) is 3.50. The van der Waals surface area contributed by atoms with E-state index in [2.05, 4.69) is 0 Å². The predicted octanol–water partition coefficient (Wildman–Crippen LogP) is 3.69. The molecule has 0 aliphatic heterocycles. The molecule has 5 nitrogen and oxygen atoms in total. The molecule has 3 aromatic carbocycles. The Morgan fingerprint density at radius 2 is 1.26 bits per heavy atom. The van der Waals surface area contributed by atoms with Crippen molar-refractivity contribution in [1.29, 1.82) is 0 Å². The van der Waals surface area contributed by atoms with Crippen molar-refractivity contribution >= 4 is 5.97 Å². The van der Waals surface area contributed by atoms with Gasteiger partial charge in [0.1, 0.15) is 17.1 Å².